The second-order valence-electron chi connectivity index (χ2n) is 8.03. The van der Waals surface area contributed by atoms with Gasteiger partial charge in [0.25, 0.3) is 0 Å². The van der Waals surface area contributed by atoms with Crippen LogP contribution in [0, 0.1) is 5.41 Å². The van der Waals surface area contributed by atoms with E-state index in [9.17, 15) is 23.1 Å². The zero-order valence-electron chi connectivity index (χ0n) is 19.1. The number of rotatable bonds is 12. The topological polar surface area (TPSA) is 172 Å². The molecule has 1 fully saturated rings. The molecule has 2 atom stereocenters. The number of hydrogen-bond donors (Lipinski definition) is 4. The van der Waals surface area contributed by atoms with Crippen molar-refractivity contribution in [2.75, 3.05) is 23.8 Å². The highest BCUT2D eigenvalue weighted by Crippen LogP contribution is 2.24. The van der Waals surface area contributed by atoms with Gasteiger partial charge in [-0.1, -0.05) is 25.1 Å². The number of nitrogens with zero attached hydrogens (tertiary/aromatic N) is 1. The number of cyclic esters (lactones) is 1. The third kappa shape index (κ3) is 6.93. The van der Waals surface area contributed by atoms with Gasteiger partial charge in [-0.05, 0) is 42.3 Å². The Balaban J connectivity index is 1.65. The van der Waals surface area contributed by atoms with Crippen LogP contribution in [-0.2, 0) is 26.0 Å². The predicted molar refractivity (Wildman–Crippen MR) is 129 cm³/mol. The Morgan fingerprint density at radius 2 is 1.97 bits per heavy atom. The van der Waals surface area contributed by atoms with Gasteiger partial charge in [-0.15, -0.1) is 0 Å². The Morgan fingerprint density at radius 1 is 1.29 bits per heavy atom. The standard InChI is InChI=1S/C23H28N4O7S/c1-2-11-35(31,32)26-19(22(28)29)12-16-5-3-4-6-20(16)33-14-18-13-27(23(30)34-18)17-9-7-15(8-10-17)21(24)25/h3-10,18-19,26H,2,11-14H2,1H3,(H3,24,25)(H,28,29). The number of aliphatic carboxylic acids is 1. The van der Waals surface area contributed by atoms with E-state index in [4.69, 9.17) is 20.6 Å². The predicted octanol–water partition coefficient (Wildman–Crippen LogP) is 1.70. The van der Waals surface area contributed by atoms with Gasteiger partial charge < -0.3 is 20.3 Å². The Morgan fingerprint density at radius 3 is 2.60 bits per heavy atom. The largest absolute Gasteiger partial charge is 0.489 e. The van der Waals surface area contributed by atoms with Crippen molar-refractivity contribution in [2.24, 2.45) is 5.73 Å². The quantitative estimate of drug-likeness (QED) is 0.250. The van der Waals surface area contributed by atoms with Crippen LogP contribution < -0.4 is 20.1 Å². The number of amidine groups is 1. The van der Waals surface area contributed by atoms with Crippen LogP contribution in [0.25, 0.3) is 0 Å². The number of nitrogens with one attached hydrogen (secondary N) is 2. The van der Waals surface area contributed by atoms with Gasteiger partial charge in [0.1, 0.15) is 24.2 Å². The van der Waals surface area contributed by atoms with Crippen molar-refractivity contribution in [2.45, 2.75) is 31.9 Å². The molecule has 2 unspecified atom stereocenters. The minimum absolute atomic E-state index is 0.0179. The molecular formula is C23H28N4O7S. The smallest absolute Gasteiger partial charge is 0.414 e. The molecule has 0 aromatic heterocycles. The van der Waals surface area contributed by atoms with E-state index in [2.05, 4.69) is 4.72 Å². The van der Waals surface area contributed by atoms with Crippen molar-refractivity contribution in [3.63, 3.8) is 0 Å². The molecule has 1 saturated heterocycles. The molecule has 188 valence electrons. The van der Waals surface area contributed by atoms with E-state index in [0.29, 0.717) is 29.0 Å². The Hall–Kier alpha value is -3.64. The summed E-state index contributed by atoms with van der Waals surface area (Å²) in [7, 11) is -3.73. The number of carbonyl (C=O) groups is 2. The zero-order valence-corrected chi connectivity index (χ0v) is 20.0. The van der Waals surface area contributed by atoms with Crippen LogP contribution in [-0.4, -0.2) is 62.5 Å². The van der Waals surface area contributed by atoms with Crippen LogP contribution in [0.2, 0.25) is 0 Å². The SMILES string of the molecule is CCCS(=O)(=O)NC(Cc1ccccc1OCC1CN(c2ccc(C(=N)N)cc2)C(=O)O1)C(=O)O. The first-order chi connectivity index (χ1) is 16.6. The summed E-state index contributed by atoms with van der Waals surface area (Å²) >= 11 is 0. The first kappa shape index (κ1) is 26.0. The van der Waals surface area contributed by atoms with Crippen LogP contribution in [0.1, 0.15) is 24.5 Å². The third-order valence-corrected chi connectivity index (χ3v) is 6.87. The molecule has 2 aromatic carbocycles. The maximum atomic E-state index is 12.3. The molecule has 5 N–H and O–H groups in total. The average Bonchev–Trinajstić information content (AvgIpc) is 3.18. The number of anilines is 1. The molecule has 2 aromatic rings. The maximum absolute atomic E-state index is 12.3. The molecule has 0 bridgehead atoms. The minimum atomic E-state index is -3.73. The van der Waals surface area contributed by atoms with Crippen molar-refractivity contribution in [1.82, 2.24) is 4.72 Å². The Labute approximate surface area is 203 Å². The van der Waals surface area contributed by atoms with E-state index in [-0.39, 0.29) is 31.2 Å². The number of benzene rings is 2. The van der Waals surface area contributed by atoms with Crippen molar-refractivity contribution in [3.8, 4) is 5.75 Å². The van der Waals surface area contributed by atoms with Gasteiger partial charge in [0.15, 0.2) is 6.10 Å². The third-order valence-electron chi connectivity index (χ3n) is 5.28. The van der Waals surface area contributed by atoms with Gasteiger partial charge >= 0.3 is 12.1 Å². The highest BCUT2D eigenvalue weighted by atomic mass is 32.2. The summed E-state index contributed by atoms with van der Waals surface area (Å²) in [5.41, 5.74) is 7.09. The van der Waals surface area contributed by atoms with E-state index < -0.39 is 34.2 Å². The molecular weight excluding hydrogens is 476 g/mol. The van der Waals surface area contributed by atoms with Crippen molar-refractivity contribution < 1.29 is 32.6 Å². The van der Waals surface area contributed by atoms with Crippen LogP contribution in [0.5, 0.6) is 5.75 Å². The molecule has 35 heavy (non-hydrogen) atoms. The molecule has 3 rings (SSSR count). The van der Waals surface area contributed by atoms with Gasteiger partial charge in [0, 0.05) is 17.7 Å². The first-order valence-electron chi connectivity index (χ1n) is 11.0. The number of nitrogen functional groups attached to an aromatic ring is 1. The van der Waals surface area contributed by atoms with Crippen molar-refractivity contribution in [3.05, 3.63) is 59.7 Å². The summed E-state index contributed by atoms with van der Waals surface area (Å²) in [5, 5.41) is 17.0. The molecule has 1 aliphatic heterocycles. The monoisotopic (exact) mass is 504 g/mol. The van der Waals surface area contributed by atoms with Gasteiger partial charge in [0.05, 0.1) is 12.3 Å². The number of amides is 1. The number of sulfonamides is 1. The Bertz CT molecular complexity index is 1180. The van der Waals surface area contributed by atoms with Crippen molar-refractivity contribution in [1.29, 1.82) is 5.41 Å². The highest BCUT2D eigenvalue weighted by Gasteiger charge is 2.33. The molecule has 0 saturated carbocycles. The van der Waals surface area contributed by atoms with Gasteiger partial charge in [-0.25, -0.2) is 17.9 Å². The van der Waals surface area contributed by atoms with Crippen molar-refractivity contribution >= 4 is 33.6 Å². The number of ether oxygens (including phenoxy) is 2. The molecule has 0 spiro atoms. The van der Waals surface area contributed by atoms with Gasteiger partial charge in [-0.3, -0.25) is 15.1 Å². The number of nitrogens with two attached hydrogens (primary N) is 1. The molecule has 1 amide bonds. The fourth-order valence-corrected chi connectivity index (χ4v) is 4.85. The summed E-state index contributed by atoms with van der Waals surface area (Å²) in [6.07, 6.45) is -0.882. The molecule has 11 nitrogen and oxygen atoms in total. The van der Waals surface area contributed by atoms with Crippen LogP contribution in [0.3, 0.4) is 0 Å². The lowest BCUT2D eigenvalue weighted by Gasteiger charge is -2.18. The fraction of sp³-hybridized carbons (Fsp3) is 0.348. The van der Waals surface area contributed by atoms with E-state index in [1.54, 1.807) is 55.5 Å². The van der Waals surface area contributed by atoms with E-state index in [1.807, 2.05) is 0 Å². The molecule has 1 aliphatic rings. The van der Waals surface area contributed by atoms with E-state index >= 15 is 0 Å². The molecule has 0 radical (unpaired) electrons. The number of para-hydroxylation sites is 1. The molecule has 1 heterocycles. The minimum Gasteiger partial charge on any atom is -0.489 e. The Kier molecular flexibility index (Phi) is 8.30. The first-order valence-corrected chi connectivity index (χ1v) is 12.6. The summed E-state index contributed by atoms with van der Waals surface area (Å²) < 4.78 is 37.6. The van der Waals surface area contributed by atoms with E-state index in [0.717, 1.165) is 0 Å². The van der Waals surface area contributed by atoms with Crippen LogP contribution in [0.4, 0.5) is 10.5 Å². The second-order valence-corrected chi connectivity index (χ2v) is 9.90. The lowest BCUT2D eigenvalue weighted by molar-refractivity contribution is -0.138. The van der Waals surface area contributed by atoms with E-state index in [1.165, 1.54) is 4.90 Å². The maximum Gasteiger partial charge on any atom is 0.414 e. The number of carboxylic acids is 1. The number of carboxylic acid groups (broad SMARTS) is 1. The van der Waals surface area contributed by atoms with Crippen LogP contribution >= 0.6 is 0 Å². The second kappa shape index (κ2) is 11.2. The molecule has 12 heteroatoms. The number of hydrogen-bond acceptors (Lipinski definition) is 7. The summed E-state index contributed by atoms with van der Waals surface area (Å²) in [4.78, 5) is 25.5. The van der Waals surface area contributed by atoms with Crippen LogP contribution in [0.15, 0.2) is 48.5 Å². The lowest BCUT2D eigenvalue weighted by Crippen LogP contribution is -2.43. The van der Waals surface area contributed by atoms with Gasteiger partial charge in [0.2, 0.25) is 10.0 Å². The number of carbonyl (C=O) groups excluding carboxylic acids is 1. The zero-order chi connectivity index (χ0) is 25.6. The fourth-order valence-electron chi connectivity index (χ4n) is 3.58. The van der Waals surface area contributed by atoms with Gasteiger partial charge in [-0.2, -0.15) is 0 Å². The highest BCUT2D eigenvalue weighted by molar-refractivity contribution is 7.89. The normalized spacial score (nSPS) is 16.5. The average molecular weight is 505 g/mol. The summed E-state index contributed by atoms with van der Waals surface area (Å²) in [6.45, 7) is 1.94. The summed E-state index contributed by atoms with van der Waals surface area (Å²) in [5.74, 6) is -1.17. The molecule has 0 aliphatic carbocycles. The lowest BCUT2D eigenvalue weighted by atomic mass is 10.1. The summed E-state index contributed by atoms with van der Waals surface area (Å²) in [6, 6.07) is 12.0.